The van der Waals surface area contributed by atoms with Gasteiger partial charge >= 0.3 is 6.03 Å². The SMILES string of the molecule is CCCNC(=O)N1CCC(c2noc(COc3ccc(C)cc3)n2)CC1. The number of nitrogens with zero attached hydrogens (tertiary/aromatic N) is 3. The van der Waals surface area contributed by atoms with Gasteiger partial charge in [-0.05, 0) is 38.3 Å². The largest absolute Gasteiger partial charge is 0.484 e. The summed E-state index contributed by atoms with van der Waals surface area (Å²) in [5, 5.41) is 7.02. The number of hydrogen-bond acceptors (Lipinski definition) is 5. The lowest BCUT2D eigenvalue weighted by Crippen LogP contribution is -2.44. The molecule has 0 atom stereocenters. The van der Waals surface area contributed by atoms with Gasteiger partial charge in [0.15, 0.2) is 12.4 Å². The molecule has 140 valence electrons. The molecule has 3 rings (SSSR count). The highest BCUT2D eigenvalue weighted by atomic mass is 16.5. The molecule has 26 heavy (non-hydrogen) atoms. The van der Waals surface area contributed by atoms with Crippen molar-refractivity contribution in [1.82, 2.24) is 20.4 Å². The first kappa shape index (κ1) is 18.2. The second-order valence-corrected chi connectivity index (χ2v) is 6.64. The predicted molar refractivity (Wildman–Crippen MR) is 97.0 cm³/mol. The third-order valence-electron chi connectivity index (χ3n) is 4.54. The highest BCUT2D eigenvalue weighted by Crippen LogP contribution is 2.26. The number of piperidine rings is 1. The summed E-state index contributed by atoms with van der Waals surface area (Å²) in [6, 6.07) is 7.86. The molecule has 0 radical (unpaired) electrons. The lowest BCUT2D eigenvalue weighted by molar-refractivity contribution is 0.180. The van der Waals surface area contributed by atoms with Crippen molar-refractivity contribution in [3.05, 3.63) is 41.5 Å². The Balaban J connectivity index is 1.48. The smallest absolute Gasteiger partial charge is 0.317 e. The number of carbonyl (C=O) groups is 1. The topological polar surface area (TPSA) is 80.5 Å². The minimum atomic E-state index is 0.0191. The normalized spacial score (nSPS) is 15.1. The zero-order valence-corrected chi connectivity index (χ0v) is 15.4. The van der Waals surface area contributed by atoms with Gasteiger partial charge in [-0.1, -0.05) is 29.8 Å². The summed E-state index contributed by atoms with van der Waals surface area (Å²) in [7, 11) is 0. The molecule has 1 saturated heterocycles. The first-order chi connectivity index (χ1) is 12.7. The maximum Gasteiger partial charge on any atom is 0.317 e. The van der Waals surface area contributed by atoms with E-state index < -0.39 is 0 Å². The number of benzene rings is 1. The lowest BCUT2D eigenvalue weighted by Gasteiger charge is -2.30. The quantitative estimate of drug-likeness (QED) is 0.857. The van der Waals surface area contributed by atoms with E-state index in [0.29, 0.717) is 31.3 Å². The minimum Gasteiger partial charge on any atom is -0.484 e. The summed E-state index contributed by atoms with van der Waals surface area (Å²) in [4.78, 5) is 18.3. The Morgan fingerprint density at radius 3 is 2.73 bits per heavy atom. The molecular weight excluding hydrogens is 332 g/mol. The van der Waals surface area contributed by atoms with E-state index in [-0.39, 0.29) is 18.6 Å². The number of aromatic nitrogens is 2. The van der Waals surface area contributed by atoms with Crippen LogP contribution in [0.2, 0.25) is 0 Å². The molecule has 1 N–H and O–H groups in total. The third kappa shape index (κ3) is 4.74. The molecular formula is C19H26N4O3. The number of urea groups is 1. The van der Waals surface area contributed by atoms with Crippen LogP contribution < -0.4 is 10.1 Å². The van der Waals surface area contributed by atoms with Crippen molar-refractivity contribution in [3.8, 4) is 5.75 Å². The fraction of sp³-hybridized carbons (Fsp3) is 0.526. The maximum absolute atomic E-state index is 12.0. The van der Waals surface area contributed by atoms with Gasteiger partial charge in [-0.15, -0.1) is 0 Å². The fourth-order valence-corrected chi connectivity index (χ4v) is 2.96. The lowest BCUT2D eigenvalue weighted by atomic mass is 9.96. The Hall–Kier alpha value is -2.57. The molecule has 7 nitrogen and oxygen atoms in total. The third-order valence-corrected chi connectivity index (χ3v) is 4.54. The Labute approximate surface area is 153 Å². The molecule has 1 aliphatic heterocycles. The van der Waals surface area contributed by atoms with Crippen LogP contribution in [-0.2, 0) is 6.61 Å². The van der Waals surface area contributed by atoms with E-state index in [1.807, 2.05) is 43.0 Å². The second-order valence-electron chi connectivity index (χ2n) is 6.64. The number of nitrogens with one attached hydrogen (secondary N) is 1. The number of amides is 2. The summed E-state index contributed by atoms with van der Waals surface area (Å²) in [5.74, 6) is 2.19. The Morgan fingerprint density at radius 2 is 2.04 bits per heavy atom. The molecule has 0 saturated carbocycles. The highest BCUT2D eigenvalue weighted by Gasteiger charge is 2.26. The molecule has 0 spiro atoms. The molecule has 2 aromatic rings. The summed E-state index contributed by atoms with van der Waals surface area (Å²) >= 11 is 0. The number of likely N-dealkylation sites (tertiary alicyclic amines) is 1. The molecule has 0 bridgehead atoms. The van der Waals surface area contributed by atoms with Crippen molar-refractivity contribution < 1.29 is 14.1 Å². The monoisotopic (exact) mass is 358 g/mol. The van der Waals surface area contributed by atoms with E-state index in [9.17, 15) is 4.79 Å². The Bertz CT molecular complexity index is 706. The van der Waals surface area contributed by atoms with Crippen molar-refractivity contribution in [3.63, 3.8) is 0 Å². The van der Waals surface area contributed by atoms with Gasteiger partial charge in [0.25, 0.3) is 5.89 Å². The molecule has 2 heterocycles. The van der Waals surface area contributed by atoms with E-state index in [0.717, 1.165) is 25.0 Å². The fourth-order valence-electron chi connectivity index (χ4n) is 2.96. The average Bonchev–Trinajstić information content (AvgIpc) is 3.15. The van der Waals surface area contributed by atoms with Crippen LogP contribution in [0.25, 0.3) is 0 Å². The van der Waals surface area contributed by atoms with E-state index in [1.54, 1.807) is 0 Å². The van der Waals surface area contributed by atoms with Gasteiger partial charge in [0.05, 0.1) is 0 Å². The number of rotatable bonds is 6. The number of aryl methyl sites for hydroxylation is 1. The van der Waals surface area contributed by atoms with Crippen molar-refractivity contribution in [1.29, 1.82) is 0 Å². The predicted octanol–water partition coefficient (Wildman–Crippen LogP) is 3.26. The van der Waals surface area contributed by atoms with Gasteiger partial charge in [0.2, 0.25) is 0 Å². The minimum absolute atomic E-state index is 0.0191. The van der Waals surface area contributed by atoms with Crippen LogP contribution in [0.5, 0.6) is 5.75 Å². The molecule has 7 heteroatoms. The molecule has 2 amide bonds. The number of carbonyl (C=O) groups excluding carboxylic acids is 1. The first-order valence-electron chi connectivity index (χ1n) is 9.20. The van der Waals surface area contributed by atoms with Crippen LogP contribution in [0.3, 0.4) is 0 Å². The molecule has 1 fully saturated rings. The van der Waals surface area contributed by atoms with Gasteiger partial charge in [0.1, 0.15) is 5.75 Å². The van der Waals surface area contributed by atoms with Crippen LogP contribution in [0.4, 0.5) is 4.79 Å². The summed E-state index contributed by atoms with van der Waals surface area (Å²) in [6.45, 7) is 6.48. The van der Waals surface area contributed by atoms with Crippen LogP contribution in [-0.4, -0.2) is 40.7 Å². The van der Waals surface area contributed by atoms with Gasteiger partial charge in [-0.2, -0.15) is 4.98 Å². The van der Waals surface area contributed by atoms with Crippen molar-refractivity contribution in [2.45, 2.75) is 45.6 Å². The maximum atomic E-state index is 12.0. The first-order valence-corrected chi connectivity index (χ1v) is 9.20. The van der Waals surface area contributed by atoms with Crippen LogP contribution >= 0.6 is 0 Å². The van der Waals surface area contributed by atoms with Gasteiger partial charge in [0, 0.05) is 25.6 Å². The van der Waals surface area contributed by atoms with Crippen LogP contribution in [0.15, 0.2) is 28.8 Å². The Morgan fingerprint density at radius 1 is 1.31 bits per heavy atom. The number of hydrogen-bond donors (Lipinski definition) is 1. The Kier molecular flexibility index (Phi) is 6.09. The van der Waals surface area contributed by atoms with Crippen LogP contribution in [0, 0.1) is 6.92 Å². The van der Waals surface area contributed by atoms with E-state index in [2.05, 4.69) is 15.5 Å². The van der Waals surface area contributed by atoms with Crippen molar-refractivity contribution in [2.75, 3.05) is 19.6 Å². The van der Waals surface area contributed by atoms with E-state index in [4.69, 9.17) is 9.26 Å². The van der Waals surface area contributed by atoms with Gasteiger partial charge < -0.3 is 19.5 Å². The molecule has 1 aromatic heterocycles. The van der Waals surface area contributed by atoms with Crippen LogP contribution in [0.1, 0.15) is 49.4 Å². The van der Waals surface area contributed by atoms with Gasteiger partial charge in [-0.3, -0.25) is 0 Å². The second kappa shape index (κ2) is 8.69. The average molecular weight is 358 g/mol. The summed E-state index contributed by atoms with van der Waals surface area (Å²) in [5.41, 5.74) is 1.19. The number of ether oxygens (including phenoxy) is 1. The standard InChI is InChI=1S/C19H26N4O3/c1-3-10-20-19(24)23-11-8-15(9-12-23)18-21-17(26-22-18)13-25-16-6-4-14(2)5-7-16/h4-7,15H,3,8-13H2,1-2H3,(H,20,24). The van der Waals surface area contributed by atoms with E-state index in [1.165, 1.54) is 5.56 Å². The summed E-state index contributed by atoms with van der Waals surface area (Å²) < 4.78 is 11.0. The van der Waals surface area contributed by atoms with Crippen molar-refractivity contribution in [2.24, 2.45) is 0 Å². The molecule has 0 aliphatic carbocycles. The molecule has 0 unspecified atom stereocenters. The zero-order valence-electron chi connectivity index (χ0n) is 15.4. The summed E-state index contributed by atoms with van der Waals surface area (Å²) in [6.07, 6.45) is 2.63. The molecule has 1 aliphatic rings. The zero-order chi connectivity index (χ0) is 18.4. The molecule has 1 aromatic carbocycles. The van der Waals surface area contributed by atoms with Gasteiger partial charge in [-0.25, -0.2) is 4.79 Å². The van der Waals surface area contributed by atoms with E-state index >= 15 is 0 Å². The van der Waals surface area contributed by atoms with Crippen molar-refractivity contribution >= 4 is 6.03 Å². The highest BCUT2D eigenvalue weighted by molar-refractivity contribution is 5.74.